The third-order valence-electron chi connectivity index (χ3n) is 1.98. The quantitative estimate of drug-likeness (QED) is 0.424. The molecular weight excluding hydrogens is 168 g/mol. The monoisotopic (exact) mass is 180 g/mol. The number of rotatable bonds is 2. The molecule has 0 amide bonds. The van der Waals surface area contributed by atoms with Crippen molar-refractivity contribution in [2.45, 2.75) is 13.8 Å². The molecule has 13 heavy (non-hydrogen) atoms. The summed E-state index contributed by atoms with van der Waals surface area (Å²) in [6, 6.07) is 0. The summed E-state index contributed by atoms with van der Waals surface area (Å²) in [6.07, 6.45) is 1.87. The van der Waals surface area contributed by atoms with Crippen LogP contribution in [-0.4, -0.2) is 20.7 Å². The third-order valence-corrected chi connectivity index (χ3v) is 1.98. The van der Waals surface area contributed by atoms with Crippen LogP contribution in [-0.2, 0) is 7.05 Å². The van der Waals surface area contributed by atoms with E-state index in [-0.39, 0.29) is 5.78 Å². The maximum Gasteiger partial charge on any atom is 0.192 e. The number of aliphatic hydroxyl groups is 1. The number of ketones is 1. The van der Waals surface area contributed by atoms with E-state index in [0.29, 0.717) is 11.3 Å². The van der Waals surface area contributed by atoms with Crippen LogP contribution < -0.4 is 0 Å². The highest BCUT2D eigenvalue weighted by Gasteiger charge is 2.14. The Morgan fingerprint density at radius 3 is 2.54 bits per heavy atom. The van der Waals surface area contributed by atoms with Gasteiger partial charge in [0.25, 0.3) is 0 Å². The normalized spacial score (nSPS) is 11.0. The second kappa shape index (κ2) is 3.43. The van der Waals surface area contributed by atoms with Gasteiger partial charge < -0.3 is 5.11 Å². The molecule has 1 aromatic heterocycles. The summed E-state index contributed by atoms with van der Waals surface area (Å²) in [5, 5.41) is 12.6. The Labute approximate surface area is 76.5 Å². The molecule has 0 unspecified atom stereocenters. The standard InChI is InChI=1S/C9H12N2O2/c1-6-9(8(13)4-5-12)7(2)11(3)10-6/h4-5,12H,1-3H3/b5-4+. The van der Waals surface area contributed by atoms with Gasteiger partial charge in [-0.25, -0.2) is 0 Å². The van der Waals surface area contributed by atoms with E-state index in [4.69, 9.17) is 5.11 Å². The van der Waals surface area contributed by atoms with Crippen molar-refractivity contribution in [2.24, 2.45) is 7.05 Å². The molecular formula is C9H12N2O2. The van der Waals surface area contributed by atoms with Gasteiger partial charge >= 0.3 is 0 Å². The minimum Gasteiger partial charge on any atom is -0.515 e. The molecule has 0 fully saturated rings. The first-order valence-electron chi connectivity index (χ1n) is 3.93. The van der Waals surface area contributed by atoms with E-state index in [1.165, 1.54) is 0 Å². The van der Waals surface area contributed by atoms with Crippen LogP contribution in [0.5, 0.6) is 0 Å². The summed E-state index contributed by atoms with van der Waals surface area (Å²) in [5.41, 5.74) is 2.05. The fraction of sp³-hybridized carbons (Fsp3) is 0.333. The van der Waals surface area contributed by atoms with Crippen LogP contribution in [0, 0.1) is 13.8 Å². The minimum atomic E-state index is -0.217. The van der Waals surface area contributed by atoms with Crippen LogP contribution in [0.1, 0.15) is 21.7 Å². The lowest BCUT2D eigenvalue weighted by Gasteiger charge is -1.95. The van der Waals surface area contributed by atoms with Crippen LogP contribution in [0.25, 0.3) is 0 Å². The fourth-order valence-electron chi connectivity index (χ4n) is 1.28. The highest BCUT2D eigenvalue weighted by atomic mass is 16.2. The summed E-state index contributed by atoms with van der Waals surface area (Å²) in [5.74, 6) is -0.217. The third kappa shape index (κ3) is 1.61. The van der Waals surface area contributed by atoms with Gasteiger partial charge in [0.05, 0.1) is 17.5 Å². The van der Waals surface area contributed by atoms with Gasteiger partial charge in [0.1, 0.15) is 0 Å². The molecule has 0 radical (unpaired) electrons. The molecule has 4 nitrogen and oxygen atoms in total. The van der Waals surface area contributed by atoms with E-state index >= 15 is 0 Å². The van der Waals surface area contributed by atoms with Crippen LogP contribution in [0.15, 0.2) is 12.3 Å². The number of carbonyl (C=O) groups is 1. The van der Waals surface area contributed by atoms with Gasteiger partial charge in [0.2, 0.25) is 0 Å². The van der Waals surface area contributed by atoms with Crippen LogP contribution in [0.4, 0.5) is 0 Å². The van der Waals surface area contributed by atoms with Crippen molar-refractivity contribution < 1.29 is 9.90 Å². The molecule has 0 saturated heterocycles. The van der Waals surface area contributed by atoms with E-state index in [0.717, 1.165) is 18.0 Å². The van der Waals surface area contributed by atoms with Gasteiger partial charge in [-0.1, -0.05) is 0 Å². The Balaban J connectivity index is 3.21. The number of hydrogen-bond acceptors (Lipinski definition) is 3. The summed E-state index contributed by atoms with van der Waals surface area (Å²) in [6.45, 7) is 3.59. The number of aryl methyl sites for hydroxylation is 2. The van der Waals surface area contributed by atoms with Crippen molar-refractivity contribution in [2.75, 3.05) is 0 Å². The average molecular weight is 180 g/mol. The van der Waals surface area contributed by atoms with Gasteiger partial charge in [0, 0.05) is 18.8 Å². The molecule has 0 atom stereocenters. The van der Waals surface area contributed by atoms with Crippen LogP contribution in [0.3, 0.4) is 0 Å². The SMILES string of the molecule is Cc1nn(C)c(C)c1C(=O)/C=C/O. The van der Waals surface area contributed by atoms with E-state index < -0.39 is 0 Å². The largest absolute Gasteiger partial charge is 0.515 e. The number of carbonyl (C=O) groups excluding carboxylic acids is 1. The Morgan fingerprint density at radius 2 is 2.15 bits per heavy atom. The number of aliphatic hydroxyl groups excluding tert-OH is 1. The molecule has 1 rings (SSSR count). The zero-order valence-electron chi connectivity index (χ0n) is 7.90. The molecule has 0 saturated carbocycles. The Morgan fingerprint density at radius 1 is 1.54 bits per heavy atom. The second-order valence-corrected chi connectivity index (χ2v) is 2.85. The van der Waals surface area contributed by atoms with E-state index in [1.54, 1.807) is 18.7 Å². The topological polar surface area (TPSA) is 55.1 Å². The van der Waals surface area contributed by atoms with Crippen molar-refractivity contribution in [3.05, 3.63) is 29.3 Å². The van der Waals surface area contributed by atoms with Gasteiger partial charge in [-0.3, -0.25) is 9.48 Å². The maximum atomic E-state index is 11.4. The lowest BCUT2D eigenvalue weighted by Crippen LogP contribution is -1.99. The average Bonchev–Trinajstić information content (AvgIpc) is 2.27. The first-order valence-corrected chi connectivity index (χ1v) is 3.93. The second-order valence-electron chi connectivity index (χ2n) is 2.85. The van der Waals surface area contributed by atoms with Crippen LogP contribution in [0.2, 0.25) is 0 Å². The van der Waals surface area contributed by atoms with Crippen molar-refractivity contribution in [1.29, 1.82) is 0 Å². The molecule has 0 aromatic carbocycles. The van der Waals surface area contributed by atoms with Crippen molar-refractivity contribution in [3.63, 3.8) is 0 Å². The predicted molar refractivity (Wildman–Crippen MR) is 48.8 cm³/mol. The summed E-state index contributed by atoms with van der Waals surface area (Å²) in [7, 11) is 1.78. The van der Waals surface area contributed by atoms with Crippen LogP contribution >= 0.6 is 0 Å². The summed E-state index contributed by atoms with van der Waals surface area (Å²) < 4.78 is 1.65. The molecule has 0 aliphatic rings. The maximum absolute atomic E-state index is 11.4. The zero-order chi connectivity index (χ0) is 10.0. The predicted octanol–water partition coefficient (Wildman–Crippen LogP) is 1.29. The molecule has 1 aromatic rings. The van der Waals surface area contributed by atoms with Crippen molar-refractivity contribution >= 4 is 5.78 Å². The number of nitrogens with zero attached hydrogens (tertiary/aromatic N) is 2. The molecule has 0 aliphatic heterocycles. The minimum absolute atomic E-state index is 0.217. The van der Waals surface area contributed by atoms with Gasteiger partial charge in [-0.05, 0) is 13.8 Å². The van der Waals surface area contributed by atoms with Crippen molar-refractivity contribution in [1.82, 2.24) is 9.78 Å². The smallest absolute Gasteiger partial charge is 0.192 e. The Kier molecular flexibility index (Phi) is 2.51. The molecule has 0 spiro atoms. The molecule has 1 N–H and O–H groups in total. The highest BCUT2D eigenvalue weighted by Crippen LogP contribution is 2.12. The summed E-state index contributed by atoms with van der Waals surface area (Å²) in [4.78, 5) is 11.4. The molecule has 1 heterocycles. The highest BCUT2D eigenvalue weighted by molar-refractivity contribution is 6.05. The lowest BCUT2D eigenvalue weighted by atomic mass is 10.1. The Hall–Kier alpha value is -1.58. The van der Waals surface area contributed by atoms with E-state index in [1.807, 2.05) is 6.92 Å². The van der Waals surface area contributed by atoms with Crippen molar-refractivity contribution in [3.8, 4) is 0 Å². The molecule has 70 valence electrons. The molecule has 0 bridgehead atoms. The van der Waals surface area contributed by atoms with Gasteiger partial charge in [0.15, 0.2) is 5.78 Å². The Bertz CT molecular complexity index is 364. The van der Waals surface area contributed by atoms with Gasteiger partial charge in [-0.2, -0.15) is 5.10 Å². The number of hydrogen-bond donors (Lipinski definition) is 1. The first-order chi connectivity index (χ1) is 6.07. The van der Waals surface area contributed by atoms with Gasteiger partial charge in [-0.15, -0.1) is 0 Å². The lowest BCUT2D eigenvalue weighted by molar-refractivity contribution is 0.104. The fourth-order valence-corrected chi connectivity index (χ4v) is 1.28. The molecule has 4 heteroatoms. The number of aromatic nitrogens is 2. The zero-order valence-corrected chi connectivity index (χ0v) is 7.90. The number of allylic oxidation sites excluding steroid dienone is 1. The first kappa shape index (κ1) is 9.51. The van der Waals surface area contributed by atoms with E-state index in [2.05, 4.69) is 5.10 Å². The van der Waals surface area contributed by atoms with E-state index in [9.17, 15) is 4.79 Å². The molecule has 0 aliphatic carbocycles. The summed E-state index contributed by atoms with van der Waals surface area (Å²) >= 11 is 0.